The van der Waals surface area contributed by atoms with Gasteiger partial charge in [-0.1, -0.05) is 45.7 Å². The van der Waals surface area contributed by atoms with Crippen molar-refractivity contribution in [3.63, 3.8) is 0 Å². The second kappa shape index (κ2) is 20.0. The maximum atomic E-state index is 6.21. The Morgan fingerprint density at radius 2 is 1.77 bits per heavy atom. The van der Waals surface area contributed by atoms with E-state index in [0.717, 1.165) is 30.5 Å². The van der Waals surface area contributed by atoms with Crippen molar-refractivity contribution in [2.75, 3.05) is 43.2 Å². The Bertz CT molecular complexity index is 710. The topological polar surface area (TPSA) is 67.3 Å². The number of piperazine rings is 1. The van der Waals surface area contributed by atoms with Gasteiger partial charge in [-0.2, -0.15) is 4.98 Å². The Hall–Kier alpha value is 0.544. The van der Waals surface area contributed by atoms with E-state index in [2.05, 4.69) is 64.8 Å². The van der Waals surface area contributed by atoms with Crippen LogP contribution in [0.5, 0.6) is 0 Å². The Morgan fingerprint density at radius 1 is 1.16 bits per heavy atom. The van der Waals surface area contributed by atoms with E-state index in [1.807, 2.05) is 19.9 Å². The standard InChI is InChI=1S/C14H16ClIN6OS.C3H8.C2H6.H2S.Y/c1-23-9-10-8-21(14-19-7-11(24-16)12(15)20-14)5-6-22(10)13-17-3-2-4-18-13;1-3-2;1-2;;/h2-4,7,10H,5-6,8-9H2,1H3;3H2,1-2H3;1-2H3;1H2;/p-1. The SMILES string of the molecule is CC.CCC.COCC1CN(c2ncc(SI)c(Cl)n2)CCN1c1ncccn1.[SH-].[Y]. The minimum atomic E-state index is 0. The normalized spacial score (nSPS) is 14.7. The van der Waals surface area contributed by atoms with Crippen LogP contribution in [0.4, 0.5) is 11.9 Å². The molecule has 3 rings (SSSR count). The van der Waals surface area contributed by atoms with Crippen LogP contribution in [0, 0.1) is 0 Å². The molecular formula is C19H31ClIN6OS2Y-. The first kappa shape index (κ1) is 33.7. The molecule has 2 aromatic rings. The summed E-state index contributed by atoms with van der Waals surface area (Å²) in [5, 5.41) is 0.483. The summed E-state index contributed by atoms with van der Waals surface area (Å²) < 4.78 is 5.38. The van der Waals surface area contributed by atoms with Gasteiger partial charge in [0.2, 0.25) is 11.9 Å². The molecule has 0 aromatic carbocycles. The van der Waals surface area contributed by atoms with Crippen LogP contribution in [-0.2, 0) is 50.9 Å². The van der Waals surface area contributed by atoms with Gasteiger partial charge in [0.1, 0.15) is 5.15 Å². The number of methoxy groups -OCH3 is 1. The van der Waals surface area contributed by atoms with Crippen molar-refractivity contribution in [3.8, 4) is 0 Å². The fraction of sp³-hybridized carbons (Fsp3) is 0.579. The minimum Gasteiger partial charge on any atom is -0.813 e. The van der Waals surface area contributed by atoms with Gasteiger partial charge in [-0.25, -0.2) is 15.0 Å². The largest absolute Gasteiger partial charge is 0.813 e. The summed E-state index contributed by atoms with van der Waals surface area (Å²) in [7, 11) is 3.20. The molecule has 1 radical (unpaired) electrons. The van der Waals surface area contributed by atoms with Gasteiger partial charge in [0.05, 0.1) is 17.5 Å². The molecule has 3 heterocycles. The second-order valence-corrected chi connectivity index (χ2v) is 8.18. The molecule has 0 N–H and O–H groups in total. The van der Waals surface area contributed by atoms with Crippen molar-refractivity contribution in [1.82, 2.24) is 19.9 Å². The van der Waals surface area contributed by atoms with Crippen molar-refractivity contribution in [1.29, 1.82) is 0 Å². The molecule has 31 heavy (non-hydrogen) atoms. The molecule has 0 amide bonds. The van der Waals surface area contributed by atoms with Gasteiger partial charge in [0.25, 0.3) is 0 Å². The van der Waals surface area contributed by atoms with Gasteiger partial charge in [0, 0.05) is 99.2 Å². The van der Waals surface area contributed by atoms with Gasteiger partial charge in [-0.3, -0.25) is 0 Å². The zero-order chi connectivity index (χ0) is 21.6. The molecule has 0 saturated carbocycles. The predicted octanol–water partition coefficient (Wildman–Crippen LogP) is 4.87. The second-order valence-electron chi connectivity index (χ2n) is 5.91. The summed E-state index contributed by atoms with van der Waals surface area (Å²) in [4.78, 5) is 22.7. The van der Waals surface area contributed by atoms with Gasteiger partial charge >= 0.3 is 0 Å². The van der Waals surface area contributed by atoms with E-state index < -0.39 is 0 Å². The zero-order valence-electron chi connectivity index (χ0n) is 18.7. The van der Waals surface area contributed by atoms with Crippen molar-refractivity contribution in [2.45, 2.75) is 45.1 Å². The van der Waals surface area contributed by atoms with Gasteiger partial charge < -0.3 is 28.0 Å². The van der Waals surface area contributed by atoms with Gasteiger partial charge in [-0.15, -0.1) is 0 Å². The number of thiol groups is 1. The molecule has 0 spiro atoms. The fourth-order valence-corrected chi connectivity index (χ4v) is 4.42. The summed E-state index contributed by atoms with van der Waals surface area (Å²) in [5.41, 5.74) is 0. The molecule has 0 aliphatic carbocycles. The number of nitrogens with zero attached hydrogens (tertiary/aromatic N) is 6. The Kier molecular flexibility index (Phi) is 21.7. The molecule has 1 fully saturated rings. The van der Waals surface area contributed by atoms with Crippen LogP contribution in [0.15, 0.2) is 29.6 Å². The smallest absolute Gasteiger partial charge is 0.226 e. The molecule has 2 aromatic heterocycles. The summed E-state index contributed by atoms with van der Waals surface area (Å²) in [5.74, 6) is 1.36. The molecule has 12 heteroatoms. The first-order valence-corrected chi connectivity index (χ1v) is 13.5. The van der Waals surface area contributed by atoms with E-state index in [1.54, 1.807) is 25.7 Å². The maximum absolute atomic E-state index is 6.21. The predicted molar refractivity (Wildman–Crippen MR) is 140 cm³/mol. The van der Waals surface area contributed by atoms with Crippen molar-refractivity contribution in [2.24, 2.45) is 0 Å². The van der Waals surface area contributed by atoms with Crippen LogP contribution in [0.25, 0.3) is 0 Å². The number of ether oxygens (including phenoxy) is 1. The van der Waals surface area contributed by atoms with E-state index >= 15 is 0 Å². The monoisotopic (exact) mass is 674 g/mol. The molecule has 1 atom stereocenters. The summed E-state index contributed by atoms with van der Waals surface area (Å²) in [6.07, 6.45) is 6.52. The van der Waals surface area contributed by atoms with Crippen LogP contribution in [0.3, 0.4) is 0 Å². The first-order chi connectivity index (χ1) is 14.1. The third-order valence-electron chi connectivity index (χ3n) is 3.72. The van der Waals surface area contributed by atoms with Crippen molar-refractivity contribution < 1.29 is 37.4 Å². The zero-order valence-corrected chi connectivity index (χ0v) is 26.2. The summed E-state index contributed by atoms with van der Waals surface area (Å²) in [6, 6.07) is 1.93. The molecule has 1 aliphatic rings. The van der Waals surface area contributed by atoms with Crippen LogP contribution >= 0.6 is 41.7 Å². The van der Waals surface area contributed by atoms with E-state index in [1.165, 1.54) is 15.4 Å². The number of hydrogen-bond acceptors (Lipinski definition) is 9. The average Bonchev–Trinajstić information content (AvgIpc) is 2.76. The maximum Gasteiger partial charge on any atom is 0.226 e. The van der Waals surface area contributed by atoms with Crippen LogP contribution < -0.4 is 9.80 Å². The van der Waals surface area contributed by atoms with Crippen LogP contribution in [0.2, 0.25) is 5.15 Å². The third kappa shape index (κ3) is 11.0. The fourth-order valence-electron chi connectivity index (χ4n) is 2.62. The summed E-state index contributed by atoms with van der Waals surface area (Å²) in [6.45, 7) is 11.1. The molecule has 0 bridgehead atoms. The van der Waals surface area contributed by atoms with E-state index in [0.29, 0.717) is 17.7 Å². The van der Waals surface area contributed by atoms with Crippen molar-refractivity contribution >= 4 is 67.1 Å². The average molecular weight is 675 g/mol. The molecular weight excluding hydrogens is 644 g/mol. The number of hydrogen-bond donors (Lipinski definition) is 0. The summed E-state index contributed by atoms with van der Waals surface area (Å²) >= 11 is 8.38. The number of aromatic nitrogens is 4. The van der Waals surface area contributed by atoms with E-state index in [4.69, 9.17) is 16.3 Å². The Balaban J connectivity index is 0. The van der Waals surface area contributed by atoms with Gasteiger partial charge in [0.15, 0.2) is 0 Å². The molecule has 1 aliphatic heterocycles. The first-order valence-electron chi connectivity index (χ1n) is 9.73. The number of anilines is 2. The Morgan fingerprint density at radius 3 is 2.29 bits per heavy atom. The van der Waals surface area contributed by atoms with Crippen molar-refractivity contribution in [3.05, 3.63) is 29.8 Å². The molecule has 1 unspecified atom stereocenters. The molecule has 1 saturated heterocycles. The number of rotatable bonds is 5. The molecule has 173 valence electrons. The van der Waals surface area contributed by atoms with E-state index in [-0.39, 0.29) is 52.2 Å². The third-order valence-corrected chi connectivity index (χ3v) is 6.00. The van der Waals surface area contributed by atoms with E-state index in [9.17, 15) is 0 Å². The minimum absolute atomic E-state index is 0. The quantitative estimate of drug-likeness (QED) is 0.191. The molecule has 7 nitrogen and oxygen atoms in total. The van der Waals surface area contributed by atoms with Crippen LogP contribution in [-0.4, -0.2) is 59.3 Å². The van der Waals surface area contributed by atoms with Crippen LogP contribution in [0.1, 0.15) is 34.1 Å². The van der Waals surface area contributed by atoms with Gasteiger partial charge in [-0.05, 0) is 15.0 Å². The Labute approximate surface area is 240 Å². The number of halogens is 2.